The zero-order chi connectivity index (χ0) is 13.9. The van der Waals surface area contributed by atoms with Gasteiger partial charge in [0.05, 0.1) is 0 Å². The van der Waals surface area contributed by atoms with Crippen LogP contribution in [-0.4, -0.2) is 13.5 Å². The van der Waals surface area contributed by atoms with Crippen molar-refractivity contribution in [3.63, 3.8) is 0 Å². The summed E-state index contributed by atoms with van der Waals surface area (Å²) < 4.78 is 26.9. The summed E-state index contributed by atoms with van der Waals surface area (Å²) in [5, 5.41) is 9.59. The van der Waals surface area contributed by atoms with Gasteiger partial charge in [0, 0.05) is 17.0 Å². The summed E-state index contributed by atoms with van der Waals surface area (Å²) in [5.41, 5.74) is 0.554. The Morgan fingerprint density at radius 1 is 1.21 bits per heavy atom. The third-order valence-corrected chi connectivity index (χ3v) is 5.82. The van der Waals surface area contributed by atoms with Crippen molar-refractivity contribution in [3.05, 3.63) is 46.8 Å². The molecule has 2 N–H and O–H groups in total. The Balaban J connectivity index is 2.12. The second-order valence-electron chi connectivity index (χ2n) is 4.03. The smallest absolute Gasteiger partial charge is 0.250 e. The Kier molecular flexibility index (Phi) is 4.24. The Bertz CT molecular complexity index is 662. The highest BCUT2D eigenvalue weighted by Gasteiger charge is 2.16. The van der Waals surface area contributed by atoms with Crippen LogP contribution >= 0.6 is 11.3 Å². The van der Waals surface area contributed by atoms with Gasteiger partial charge in [-0.25, -0.2) is 13.1 Å². The normalized spacial score (nSPS) is 11.6. The highest BCUT2D eigenvalue weighted by Crippen LogP contribution is 2.22. The molecule has 1 heterocycles. The van der Waals surface area contributed by atoms with E-state index >= 15 is 0 Å². The first-order chi connectivity index (χ1) is 9.03. The average molecular weight is 297 g/mol. The third-order valence-electron chi connectivity index (χ3n) is 2.69. The van der Waals surface area contributed by atoms with Crippen molar-refractivity contribution in [2.75, 3.05) is 0 Å². The van der Waals surface area contributed by atoms with Gasteiger partial charge in [-0.3, -0.25) is 0 Å². The van der Waals surface area contributed by atoms with Crippen LogP contribution in [0.5, 0.6) is 5.75 Å². The SMILES string of the molecule is CCc1ccc(S(=O)(=O)NCc2ccccc2O)s1. The van der Waals surface area contributed by atoms with Crippen molar-refractivity contribution in [1.82, 2.24) is 4.72 Å². The van der Waals surface area contributed by atoms with Crippen LogP contribution in [0.1, 0.15) is 17.4 Å². The Morgan fingerprint density at radius 3 is 2.58 bits per heavy atom. The van der Waals surface area contributed by atoms with Gasteiger partial charge >= 0.3 is 0 Å². The van der Waals surface area contributed by atoms with E-state index in [-0.39, 0.29) is 12.3 Å². The first-order valence-electron chi connectivity index (χ1n) is 5.88. The summed E-state index contributed by atoms with van der Waals surface area (Å²) in [6.45, 7) is 2.06. The van der Waals surface area contributed by atoms with Crippen LogP contribution in [0, 0.1) is 0 Å². The molecule has 2 rings (SSSR count). The number of phenols is 1. The Labute approximate surface area is 116 Å². The van der Waals surface area contributed by atoms with Crippen LogP contribution in [0.25, 0.3) is 0 Å². The maximum absolute atomic E-state index is 12.1. The Morgan fingerprint density at radius 2 is 1.95 bits per heavy atom. The van der Waals surface area contributed by atoms with Gasteiger partial charge in [-0.05, 0) is 24.6 Å². The number of hydrogen-bond donors (Lipinski definition) is 2. The molecule has 0 saturated carbocycles. The number of sulfonamides is 1. The molecule has 1 aromatic carbocycles. The number of aromatic hydroxyl groups is 1. The van der Waals surface area contributed by atoms with E-state index in [0.29, 0.717) is 9.77 Å². The number of rotatable bonds is 5. The zero-order valence-electron chi connectivity index (χ0n) is 10.5. The first-order valence-corrected chi connectivity index (χ1v) is 8.18. The molecule has 1 aromatic heterocycles. The quantitative estimate of drug-likeness (QED) is 0.891. The lowest BCUT2D eigenvalue weighted by Gasteiger charge is -2.06. The third kappa shape index (κ3) is 3.34. The predicted molar refractivity (Wildman–Crippen MR) is 75.8 cm³/mol. The van der Waals surface area contributed by atoms with Crippen LogP contribution in [0.4, 0.5) is 0 Å². The molecule has 0 aliphatic carbocycles. The van der Waals surface area contributed by atoms with Crippen molar-refractivity contribution in [2.45, 2.75) is 24.1 Å². The van der Waals surface area contributed by atoms with E-state index in [1.54, 1.807) is 24.3 Å². The minimum Gasteiger partial charge on any atom is -0.508 e. The first kappa shape index (κ1) is 14.0. The molecule has 0 amide bonds. The molecule has 19 heavy (non-hydrogen) atoms. The number of phenolic OH excluding ortho intramolecular Hbond substituents is 1. The molecule has 0 aliphatic rings. The van der Waals surface area contributed by atoms with Gasteiger partial charge < -0.3 is 5.11 Å². The monoisotopic (exact) mass is 297 g/mol. The van der Waals surface area contributed by atoms with Crippen LogP contribution in [0.2, 0.25) is 0 Å². The lowest BCUT2D eigenvalue weighted by atomic mass is 10.2. The van der Waals surface area contributed by atoms with E-state index in [2.05, 4.69) is 4.72 Å². The molecule has 6 heteroatoms. The maximum Gasteiger partial charge on any atom is 0.250 e. The van der Waals surface area contributed by atoms with E-state index in [1.807, 2.05) is 13.0 Å². The molecule has 4 nitrogen and oxygen atoms in total. The van der Waals surface area contributed by atoms with Crippen LogP contribution in [0.3, 0.4) is 0 Å². The molecule has 0 fully saturated rings. The van der Waals surface area contributed by atoms with Crippen molar-refractivity contribution in [1.29, 1.82) is 0 Å². The van der Waals surface area contributed by atoms with Crippen LogP contribution in [0.15, 0.2) is 40.6 Å². The van der Waals surface area contributed by atoms with Gasteiger partial charge in [-0.15, -0.1) is 11.3 Å². The molecular weight excluding hydrogens is 282 g/mol. The van der Waals surface area contributed by atoms with Gasteiger partial charge in [-0.2, -0.15) is 0 Å². The molecule has 0 radical (unpaired) electrons. The fraction of sp³-hybridized carbons (Fsp3) is 0.231. The second-order valence-corrected chi connectivity index (χ2v) is 7.19. The lowest BCUT2D eigenvalue weighted by Crippen LogP contribution is -2.22. The summed E-state index contributed by atoms with van der Waals surface area (Å²) in [6.07, 6.45) is 0.819. The van der Waals surface area contributed by atoms with Gasteiger partial charge in [0.25, 0.3) is 0 Å². The highest BCUT2D eigenvalue weighted by molar-refractivity contribution is 7.91. The van der Waals surface area contributed by atoms with E-state index in [4.69, 9.17) is 0 Å². The standard InChI is InChI=1S/C13H15NO3S2/c1-2-11-7-8-13(18-11)19(16,17)14-9-10-5-3-4-6-12(10)15/h3-8,14-15H,2,9H2,1H3. The summed E-state index contributed by atoms with van der Waals surface area (Å²) in [7, 11) is -3.51. The molecule has 0 unspecified atom stereocenters. The average Bonchev–Trinajstić information content (AvgIpc) is 2.87. The molecular formula is C13H15NO3S2. The minimum atomic E-state index is -3.51. The number of thiophene rings is 1. The Hall–Kier alpha value is -1.37. The highest BCUT2D eigenvalue weighted by atomic mass is 32.2. The van der Waals surface area contributed by atoms with E-state index in [1.165, 1.54) is 17.4 Å². The maximum atomic E-state index is 12.1. The molecule has 102 valence electrons. The largest absolute Gasteiger partial charge is 0.508 e. The van der Waals surface area contributed by atoms with E-state index in [0.717, 1.165) is 11.3 Å². The molecule has 0 saturated heterocycles. The molecule has 2 aromatic rings. The molecule has 0 atom stereocenters. The van der Waals surface area contributed by atoms with Gasteiger partial charge in [0.1, 0.15) is 9.96 Å². The van der Waals surface area contributed by atoms with E-state index in [9.17, 15) is 13.5 Å². The van der Waals surface area contributed by atoms with Crippen molar-refractivity contribution in [2.24, 2.45) is 0 Å². The van der Waals surface area contributed by atoms with Crippen LogP contribution < -0.4 is 4.72 Å². The fourth-order valence-corrected chi connectivity index (χ4v) is 3.94. The van der Waals surface area contributed by atoms with Crippen LogP contribution in [-0.2, 0) is 23.0 Å². The fourth-order valence-electron chi connectivity index (χ4n) is 1.60. The summed E-state index contributed by atoms with van der Waals surface area (Å²) in [6, 6.07) is 10.1. The number of aryl methyl sites for hydroxylation is 1. The number of benzene rings is 1. The van der Waals surface area contributed by atoms with Gasteiger partial charge in [0.15, 0.2) is 0 Å². The molecule has 0 spiro atoms. The van der Waals surface area contributed by atoms with Crippen molar-refractivity contribution in [3.8, 4) is 5.75 Å². The lowest BCUT2D eigenvalue weighted by molar-refractivity contribution is 0.467. The van der Waals surface area contributed by atoms with Gasteiger partial charge in [-0.1, -0.05) is 25.1 Å². The predicted octanol–water partition coefficient (Wildman–Crippen LogP) is 2.49. The molecule has 0 aliphatic heterocycles. The summed E-state index contributed by atoms with van der Waals surface area (Å²) in [5.74, 6) is 0.0885. The number of hydrogen-bond acceptors (Lipinski definition) is 4. The van der Waals surface area contributed by atoms with Crippen molar-refractivity contribution < 1.29 is 13.5 Å². The summed E-state index contributed by atoms with van der Waals surface area (Å²) >= 11 is 1.27. The van der Waals surface area contributed by atoms with Gasteiger partial charge in [0.2, 0.25) is 10.0 Å². The molecule has 0 bridgehead atoms. The second kappa shape index (κ2) is 5.73. The number of para-hydroxylation sites is 1. The summed E-state index contributed by atoms with van der Waals surface area (Å²) in [4.78, 5) is 1.03. The zero-order valence-corrected chi connectivity index (χ0v) is 12.1. The number of nitrogens with one attached hydrogen (secondary N) is 1. The topological polar surface area (TPSA) is 66.4 Å². The minimum absolute atomic E-state index is 0.0777. The van der Waals surface area contributed by atoms with Crippen molar-refractivity contribution >= 4 is 21.4 Å². The van der Waals surface area contributed by atoms with E-state index < -0.39 is 10.0 Å².